The number of hydrogen-bond acceptors (Lipinski definition) is 5. The van der Waals surface area contributed by atoms with E-state index in [2.05, 4.69) is 9.46 Å². The van der Waals surface area contributed by atoms with Crippen molar-refractivity contribution in [3.8, 4) is 0 Å². The highest BCUT2D eigenvalue weighted by Gasteiger charge is 2.38. The van der Waals surface area contributed by atoms with Crippen molar-refractivity contribution in [1.29, 1.82) is 0 Å². The van der Waals surface area contributed by atoms with Gasteiger partial charge in [-0.2, -0.15) is 13.2 Å². The molecule has 0 aliphatic heterocycles. The molecule has 1 aromatic carbocycles. The van der Waals surface area contributed by atoms with Gasteiger partial charge in [0.1, 0.15) is 0 Å². The van der Waals surface area contributed by atoms with Crippen LogP contribution in [0.2, 0.25) is 0 Å². The smallest absolute Gasteiger partial charge is 0.417 e. The monoisotopic (exact) mass is 402 g/mol. The SMILES string of the molecule is COC(=O)c1ccc(S(=O)(=O)NC(CN)C2CC2)cc1C(F)(F)F.Cl. The maximum absolute atomic E-state index is 13.1. The van der Waals surface area contributed by atoms with Crippen molar-refractivity contribution >= 4 is 28.4 Å². The molecule has 0 heterocycles. The number of carbonyl (C=O) groups is 1. The van der Waals surface area contributed by atoms with Crippen molar-refractivity contribution in [2.24, 2.45) is 11.7 Å². The number of nitrogens with two attached hydrogens (primary N) is 1. The third-order valence-corrected chi connectivity index (χ3v) is 5.25. The normalized spacial score (nSPS) is 16.0. The van der Waals surface area contributed by atoms with E-state index < -0.39 is 44.2 Å². The number of rotatable bonds is 6. The predicted molar refractivity (Wildman–Crippen MR) is 85.9 cm³/mol. The second-order valence-electron chi connectivity index (χ2n) is 5.50. The fourth-order valence-electron chi connectivity index (χ4n) is 2.32. The molecule has 3 N–H and O–H groups in total. The van der Waals surface area contributed by atoms with Gasteiger partial charge in [0, 0.05) is 12.6 Å². The van der Waals surface area contributed by atoms with Crippen molar-refractivity contribution in [2.45, 2.75) is 30.0 Å². The van der Waals surface area contributed by atoms with Gasteiger partial charge in [0.2, 0.25) is 10.0 Å². The van der Waals surface area contributed by atoms with E-state index in [9.17, 15) is 26.4 Å². The van der Waals surface area contributed by atoms with Crippen LogP contribution in [0, 0.1) is 5.92 Å². The summed E-state index contributed by atoms with van der Waals surface area (Å²) >= 11 is 0. The van der Waals surface area contributed by atoms with Crippen LogP contribution >= 0.6 is 12.4 Å². The summed E-state index contributed by atoms with van der Waals surface area (Å²) in [6.45, 7) is 0.0519. The summed E-state index contributed by atoms with van der Waals surface area (Å²) in [5, 5.41) is 0. The minimum absolute atomic E-state index is 0. The van der Waals surface area contributed by atoms with Gasteiger partial charge in [0.25, 0.3) is 0 Å². The first-order valence-electron chi connectivity index (χ1n) is 7.12. The summed E-state index contributed by atoms with van der Waals surface area (Å²) in [5.41, 5.74) is 3.40. The fourth-order valence-corrected chi connectivity index (χ4v) is 3.66. The Bertz CT molecular complexity index is 736. The number of alkyl halides is 3. The highest BCUT2D eigenvalue weighted by molar-refractivity contribution is 7.89. The number of nitrogens with one attached hydrogen (secondary N) is 1. The second kappa shape index (κ2) is 7.90. The molecule has 0 saturated heterocycles. The van der Waals surface area contributed by atoms with E-state index in [1.54, 1.807) is 0 Å². The van der Waals surface area contributed by atoms with E-state index in [1.165, 1.54) is 0 Å². The van der Waals surface area contributed by atoms with Crippen molar-refractivity contribution in [3.05, 3.63) is 29.3 Å². The molecule has 6 nitrogen and oxygen atoms in total. The number of methoxy groups -OCH3 is 1. The highest BCUT2D eigenvalue weighted by atomic mass is 35.5. The molecule has 1 aliphatic rings. The first-order chi connectivity index (χ1) is 11.1. The van der Waals surface area contributed by atoms with Crippen LogP contribution in [-0.2, 0) is 20.9 Å². The van der Waals surface area contributed by atoms with E-state index >= 15 is 0 Å². The highest BCUT2D eigenvalue weighted by Crippen LogP contribution is 2.35. The molecular weight excluding hydrogens is 385 g/mol. The van der Waals surface area contributed by atoms with Gasteiger partial charge >= 0.3 is 12.1 Å². The Morgan fingerprint density at radius 2 is 2.00 bits per heavy atom. The van der Waals surface area contributed by atoms with Crippen LogP contribution in [0.1, 0.15) is 28.8 Å². The van der Waals surface area contributed by atoms with Crippen LogP contribution in [-0.4, -0.2) is 34.1 Å². The van der Waals surface area contributed by atoms with Crippen LogP contribution in [0.5, 0.6) is 0 Å². The first-order valence-corrected chi connectivity index (χ1v) is 8.60. The Morgan fingerprint density at radius 3 is 2.44 bits per heavy atom. The molecule has 1 aromatic rings. The number of halogens is 4. The number of esters is 1. The molecule has 0 radical (unpaired) electrons. The zero-order valence-corrected chi connectivity index (χ0v) is 14.8. The average molecular weight is 403 g/mol. The van der Waals surface area contributed by atoms with Crippen molar-refractivity contribution in [3.63, 3.8) is 0 Å². The maximum atomic E-state index is 13.1. The number of sulfonamides is 1. The zero-order chi connectivity index (χ0) is 18.1. The summed E-state index contributed by atoms with van der Waals surface area (Å²) in [4.78, 5) is 10.9. The third-order valence-electron chi connectivity index (χ3n) is 3.76. The molecule has 25 heavy (non-hydrogen) atoms. The molecule has 142 valence electrons. The third kappa shape index (κ3) is 5.06. The number of hydrogen-bond donors (Lipinski definition) is 2. The maximum Gasteiger partial charge on any atom is 0.417 e. The number of ether oxygens (including phenoxy) is 1. The lowest BCUT2D eigenvalue weighted by Crippen LogP contribution is -2.41. The molecule has 1 aliphatic carbocycles. The minimum Gasteiger partial charge on any atom is -0.465 e. The van der Waals surface area contributed by atoms with Crippen LogP contribution in [0.15, 0.2) is 23.1 Å². The van der Waals surface area contributed by atoms with Gasteiger partial charge in [0.15, 0.2) is 0 Å². The lowest BCUT2D eigenvalue weighted by atomic mass is 10.1. The number of benzene rings is 1. The Morgan fingerprint density at radius 1 is 1.40 bits per heavy atom. The van der Waals surface area contributed by atoms with Gasteiger partial charge in [-0.3, -0.25) is 0 Å². The first kappa shape index (κ1) is 21.7. The minimum atomic E-state index is -4.90. The second-order valence-corrected chi connectivity index (χ2v) is 7.21. The molecule has 1 saturated carbocycles. The molecule has 2 rings (SSSR count). The summed E-state index contributed by atoms with van der Waals surface area (Å²) in [7, 11) is -3.25. The van der Waals surface area contributed by atoms with Gasteiger partial charge < -0.3 is 10.5 Å². The molecular formula is C14H18ClF3N2O4S. The van der Waals surface area contributed by atoms with Crippen molar-refractivity contribution < 1.29 is 31.1 Å². The van der Waals surface area contributed by atoms with Gasteiger partial charge in [-0.15, -0.1) is 12.4 Å². The molecule has 1 atom stereocenters. The van der Waals surface area contributed by atoms with Crippen LogP contribution < -0.4 is 10.5 Å². The standard InChI is InChI=1S/C14H17F3N2O4S.ClH/c1-23-13(20)10-5-4-9(6-11(10)14(15,16)17)24(21,22)19-12(7-18)8-2-3-8;/h4-6,8,12,19H,2-3,7,18H2,1H3;1H. The Kier molecular flexibility index (Phi) is 6.85. The molecule has 1 fully saturated rings. The predicted octanol–water partition coefficient (Wildman–Crippen LogP) is 1.93. The summed E-state index contributed by atoms with van der Waals surface area (Å²) in [6.07, 6.45) is -3.27. The van der Waals surface area contributed by atoms with Crippen LogP contribution in [0.3, 0.4) is 0 Å². The Hall–Kier alpha value is -1.36. The molecule has 1 unspecified atom stereocenters. The van der Waals surface area contributed by atoms with Crippen LogP contribution in [0.25, 0.3) is 0 Å². The van der Waals surface area contributed by atoms with Crippen LogP contribution in [0.4, 0.5) is 13.2 Å². The zero-order valence-electron chi connectivity index (χ0n) is 13.2. The van der Waals surface area contributed by atoms with E-state index in [1.807, 2.05) is 0 Å². The topological polar surface area (TPSA) is 98.5 Å². The quantitative estimate of drug-likeness (QED) is 0.708. The van der Waals surface area contributed by atoms with Gasteiger partial charge in [0.05, 0.1) is 23.1 Å². The largest absolute Gasteiger partial charge is 0.465 e. The van der Waals surface area contributed by atoms with E-state index in [-0.39, 0.29) is 24.9 Å². The molecule has 0 spiro atoms. The van der Waals surface area contributed by atoms with E-state index in [0.717, 1.165) is 32.1 Å². The molecule has 0 aromatic heterocycles. The molecule has 0 amide bonds. The summed E-state index contributed by atoms with van der Waals surface area (Å²) < 4.78 is 70.7. The molecule has 11 heteroatoms. The van der Waals surface area contributed by atoms with Crippen molar-refractivity contribution in [2.75, 3.05) is 13.7 Å². The van der Waals surface area contributed by atoms with Gasteiger partial charge in [-0.1, -0.05) is 0 Å². The van der Waals surface area contributed by atoms with Crippen molar-refractivity contribution in [1.82, 2.24) is 4.72 Å². The Labute approximate surface area is 149 Å². The lowest BCUT2D eigenvalue weighted by molar-refractivity contribution is -0.138. The summed E-state index contributed by atoms with van der Waals surface area (Å²) in [5.74, 6) is -1.10. The van der Waals surface area contributed by atoms with Gasteiger partial charge in [-0.25, -0.2) is 17.9 Å². The lowest BCUT2D eigenvalue weighted by Gasteiger charge is -2.18. The summed E-state index contributed by atoms with van der Waals surface area (Å²) in [6, 6.07) is 1.63. The van der Waals surface area contributed by atoms with E-state index in [0.29, 0.717) is 6.07 Å². The van der Waals surface area contributed by atoms with Gasteiger partial charge in [-0.05, 0) is 37.0 Å². The molecule has 0 bridgehead atoms. The van der Waals surface area contributed by atoms with E-state index in [4.69, 9.17) is 5.73 Å². The Balaban J connectivity index is 0.00000312. The average Bonchev–Trinajstić information content (AvgIpc) is 3.35. The number of carbonyl (C=O) groups excluding carboxylic acids is 1. The fraction of sp³-hybridized carbons (Fsp3) is 0.500.